The lowest BCUT2D eigenvalue weighted by Gasteiger charge is -1.79. The molecule has 0 unspecified atom stereocenters. The predicted octanol–water partition coefficient (Wildman–Crippen LogP) is 1.82. The minimum absolute atomic E-state index is 1.11. The fraction of sp³-hybridized carbons (Fsp3) is 0.333. The summed E-state index contributed by atoms with van der Waals surface area (Å²) in [6.45, 7) is 0. The van der Waals surface area contributed by atoms with Gasteiger partial charge in [0.25, 0.3) is 0 Å². The van der Waals surface area contributed by atoms with Gasteiger partial charge < -0.3 is 4.74 Å². The standard InChI is InChI=1S/C6H8O/c1-2-4-6-7-5-3-1/h3-6H,1-2H2. The van der Waals surface area contributed by atoms with Crippen LogP contribution < -0.4 is 0 Å². The summed E-state index contributed by atoms with van der Waals surface area (Å²) in [5.41, 5.74) is 0. The third kappa shape index (κ3) is 1.44. The summed E-state index contributed by atoms with van der Waals surface area (Å²) in [4.78, 5) is 0. The first-order valence-electron chi connectivity index (χ1n) is 2.45. The molecule has 1 heterocycles. The van der Waals surface area contributed by atoms with Gasteiger partial charge in [0.2, 0.25) is 0 Å². The van der Waals surface area contributed by atoms with Crippen LogP contribution in [0.4, 0.5) is 0 Å². The Labute approximate surface area is 43.3 Å². The predicted molar refractivity (Wildman–Crippen MR) is 28.6 cm³/mol. The Hall–Kier alpha value is -0.720. The second kappa shape index (κ2) is 2.45. The fourth-order valence-corrected chi connectivity index (χ4v) is 0.485. The van der Waals surface area contributed by atoms with E-state index in [4.69, 9.17) is 4.74 Å². The summed E-state index contributed by atoms with van der Waals surface area (Å²) in [6.07, 6.45) is 9.67. The SMILES string of the molecule is C1=COC=CCC1. The molecule has 1 aliphatic heterocycles. The van der Waals surface area contributed by atoms with Gasteiger partial charge in [-0.2, -0.15) is 0 Å². The Kier molecular flexibility index (Phi) is 1.56. The van der Waals surface area contributed by atoms with Crippen molar-refractivity contribution in [2.24, 2.45) is 0 Å². The van der Waals surface area contributed by atoms with Gasteiger partial charge in [0, 0.05) is 0 Å². The molecule has 1 heteroatoms. The molecular formula is C6H8O. The molecule has 1 aliphatic rings. The average Bonchev–Trinajstić information content (AvgIpc) is 1.90. The molecule has 38 valence electrons. The summed E-state index contributed by atoms with van der Waals surface area (Å²) in [5.74, 6) is 0. The Morgan fingerprint density at radius 2 is 1.57 bits per heavy atom. The lowest BCUT2D eigenvalue weighted by Crippen LogP contribution is -1.56. The van der Waals surface area contributed by atoms with Crippen LogP contribution in [0.25, 0.3) is 0 Å². The minimum Gasteiger partial charge on any atom is -0.473 e. The van der Waals surface area contributed by atoms with Gasteiger partial charge in [0.1, 0.15) is 0 Å². The van der Waals surface area contributed by atoms with Crippen molar-refractivity contribution in [3.63, 3.8) is 0 Å². The van der Waals surface area contributed by atoms with Crippen LogP contribution >= 0.6 is 0 Å². The largest absolute Gasteiger partial charge is 0.473 e. The summed E-state index contributed by atoms with van der Waals surface area (Å²) in [6, 6.07) is 0. The first-order chi connectivity index (χ1) is 3.50. The molecule has 1 nitrogen and oxygen atoms in total. The zero-order valence-electron chi connectivity index (χ0n) is 4.13. The zero-order chi connectivity index (χ0) is 4.95. The van der Waals surface area contributed by atoms with Crippen molar-refractivity contribution in [2.45, 2.75) is 12.8 Å². The number of hydrogen-bond donors (Lipinski definition) is 0. The second-order valence-electron chi connectivity index (χ2n) is 1.46. The molecule has 0 N–H and O–H groups in total. The highest BCUT2D eigenvalue weighted by Gasteiger charge is 1.79. The molecule has 0 spiro atoms. The van der Waals surface area contributed by atoms with E-state index in [1.54, 1.807) is 12.5 Å². The van der Waals surface area contributed by atoms with E-state index in [1.807, 2.05) is 12.2 Å². The summed E-state index contributed by atoms with van der Waals surface area (Å²) in [5, 5.41) is 0. The van der Waals surface area contributed by atoms with Crippen LogP contribution in [0.15, 0.2) is 24.7 Å². The first kappa shape index (κ1) is 4.44. The van der Waals surface area contributed by atoms with Gasteiger partial charge in [0.15, 0.2) is 0 Å². The monoisotopic (exact) mass is 96.1 g/mol. The molecule has 1 rings (SSSR count). The lowest BCUT2D eigenvalue weighted by atomic mass is 10.3. The van der Waals surface area contributed by atoms with Crippen LogP contribution in [0.1, 0.15) is 12.8 Å². The molecule has 7 heavy (non-hydrogen) atoms. The van der Waals surface area contributed by atoms with Crippen LogP contribution in [0, 0.1) is 0 Å². The van der Waals surface area contributed by atoms with Crippen LogP contribution in [0.3, 0.4) is 0 Å². The van der Waals surface area contributed by atoms with E-state index in [1.165, 1.54) is 0 Å². The highest BCUT2D eigenvalue weighted by molar-refractivity contribution is 4.86. The lowest BCUT2D eigenvalue weighted by molar-refractivity contribution is 0.403. The summed E-state index contributed by atoms with van der Waals surface area (Å²) >= 11 is 0. The van der Waals surface area contributed by atoms with Gasteiger partial charge in [-0.05, 0) is 25.0 Å². The molecule has 0 bridgehead atoms. The maximum absolute atomic E-state index is 4.83. The van der Waals surface area contributed by atoms with Gasteiger partial charge >= 0.3 is 0 Å². The van der Waals surface area contributed by atoms with E-state index in [2.05, 4.69) is 0 Å². The van der Waals surface area contributed by atoms with Crippen molar-refractivity contribution in [1.29, 1.82) is 0 Å². The molecule has 0 aromatic rings. The average molecular weight is 96.1 g/mol. The fourth-order valence-electron chi connectivity index (χ4n) is 0.485. The molecule has 0 aliphatic carbocycles. The van der Waals surface area contributed by atoms with E-state index in [9.17, 15) is 0 Å². The highest BCUT2D eigenvalue weighted by atomic mass is 16.5. The number of allylic oxidation sites excluding steroid dienone is 2. The Morgan fingerprint density at radius 1 is 1.00 bits per heavy atom. The van der Waals surface area contributed by atoms with Crippen LogP contribution in [-0.4, -0.2) is 0 Å². The van der Waals surface area contributed by atoms with Crippen molar-refractivity contribution < 1.29 is 4.74 Å². The van der Waals surface area contributed by atoms with E-state index in [0.717, 1.165) is 12.8 Å². The third-order valence-electron chi connectivity index (χ3n) is 0.850. The molecule has 0 radical (unpaired) electrons. The molecule has 0 amide bonds. The third-order valence-corrected chi connectivity index (χ3v) is 0.850. The Bertz CT molecular complexity index is 80.4. The molecular weight excluding hydrogens is 88.1 g/mol. The van der Waals surface area contributed by atoms with Gasteiger partial charge in [-0.15, -0.1) is 0 Å². The normalized spacial score (nSPS) is 18.3. The molecule has 0 saturated carbocycles. The smallest absolute Gasteiger partial charge is 0.0861 e. The van der Waals surface area contributed by atoms with Gasteiger partial charge in [-0.25, -0.2) is 0 Å². The van der Waals surface area contributed by atoms with Gasteiger partial charge in [0.05, 0.1) is 12.5 Å². The zero-order valence-corrected chi connectivity index (χ0v) is 4.13. The topological polar surface area (TPSA) is 9.23 Å². The maximum Gasteiger partial charge on any atom is 0.0861 e. The summed E-state index contributed by atoms with van der Waals surface area (Å²) in [7, 11) is 0. The van der Waals surface area contributed by atoms with Gasteiger partial charge in [-0.1, -0.05) is 0 Å². The van der Waals surface area contributed by atoms with Crippen LogP contribution in [-0.2, 0) is 4.74 Å². The number of rotatable bonds is 0. The Morgan fingerprint density at radius 3 is 2.14 bits per heavy atom. The van der Waals surface area contributed by atoms with Crippen molar-refractivity contribution >= 4 is 0 Å². The quantitative estimate of drug-likeness (QED) is 0.447. The van der Waals surface area contributed by atoms with Crippen molar-refractivity contribution in [2.75, 3.05) is 0 Å². The highest BCUT2D eigenvalue weighted by Crippen LogP contribution is 1.97. The van der Waals surface area contributed by atoms with E-state index < -0.39 is 0 Å². The molecule has 0 atom stereocenters. The summed E-state index contributed by atoms with van der Waals surface area (Å²) < 4.78 is 4.83. The van der Waals surface area contributed by atoms with E-state index >= 15 is 0 Å². The van der Waals surface area contributed by atoms with E-state index in [-0.39, 0.29) is 0 Å². The maximum atomic E-state index is 4.83. The number of ether oxygens (including phenoxy) is 1. The van der Waals surface area contributed by atoms with Crippen LogP contribution in [0.5, 0.6) is 0 Å². The minimum atomic E-state index is 1.11. The molecule has 0 fully saturated rings. The van der Waals surface area contributed by atoms with Crippen LogP contribution in [0.2, 0.25) is 0 Å². The van der Waals surface area contributed by atoms with Crippen molar-refractivity contribution in [3.05, 3.63) is 24.7 Å². The van der Waals surface area contributed by atoms with E-state index in [0.29, 0.717) is 0 Å². The first-order valence-corrected chi connectivity index (χ1v) is 2.45. The van der Waals surface area contributed by atoms with Crippen molar-refractivity contribution in [3.8, 4) is 0 Å². The molecule has 0 aromatic heterocycles. The van der Waals surface area contributed by atoms with Crippen molar-refractivity contribution in [1.82, 2.24) is 0 Å². The molecule has 0 aromatic carbocycles. The number of hydrogen-bond acceptors (Lipinski definition) is 1. The molecule has 0 saturated heterocycles. The second-order valence-corrected chi connectivity index (χ2v) is 1.46. The Balaban J connectivity index is 2.38. The van der Waals surface area contributed by atoms with Gasteiger partial charge in [-0.3, -0.25) is 0 Å².